The molecule has 7 nitrogen and oxygen atoms in total. The standard InChI is InChI=1S/C23H26N4O3/c1-25(2)19-10-6-9-18(15-19)20(28)26-13-11-23(12-14-26)21(29)27(22(30)24-23)16-17-7-4-3-5-8-17/h3-10,15H,11-14,16H2,1-2H3,(H,24,30). The first kappa shape index (κ1) is 19.9. The molecule has 2 aliphatic rings. The summed E-state index contributed by atoms with van der Waals surface area (Å²) in [6.07, 6.45) is 0.837. The topological polar surface area (TPSA) is 73.0 Å². The highest BCUT2D eigenvalue weighted by Gasteiger charge is 2.52. The van der Waals surface area contributed by atoms with Crippen LogP contribution in [-0.2, 0) is 11.3 Å². The first-order chi connectivity index (χ1) is 14.4. The van der Waals surface area contributed by atoms with E-state index in [0.29, 0.717) is 31.5 Å². The lowest BCUT2D eigenvalue weighted by Gasteiger charge is -2.37. The number of hydrogen-bond acceptors (Lipinski definition) is 4. The molecule has 2 fully saturated rings. The molecule has 156 valence electrons. The first-order valence-electron chi connectivity index (χ1n) is 10.1. The third-order valence-corrected chi connectivity index (χ3v) is 5.94. The Morgan fingerprint density at radius 3 is 2.40 bits per heavy atom. The average molecular weight is 406 g/mol. The molecule has 2 aromatic rings. The maximum Gasteiger partial charge on any atom is 0.325 e. The number of hydrogen-bond donors (Lipinski definition) is 1. The fourth-order valence-corrected chi connectivity index (χ4v) is 4.12. The predicted octanol–water partition coefficient (Wildman–Crippen LogP) is 2.48. The van der Waals surface area contributed by atoms with Crippen molar-refractivity contribution in [2.24, 2.45) is 0 Å². The number of likely N-dealkylation sites (tertiary alicyclic amines) is 1. The van der Waals surface area contributed by atoms with Crippen LogP contribution in [0.3, 0.4) is 0 Å². The third kappa shape index (κ3) is 3.63. The summed E-state index contributed by atoms with van der Waals surface area (Å²) in [7, 11) is 3.87. The molecule has 0 unspecified atom stereocenters. The second-order valence-electron chi connectivity index (χ2n) is 8.13. The van der Waals surface area contributed by atoms with Crippen molar-refractivity contribution in [3.05, 3.63) is 65.7 Å². The summed E-state index contributed by atoms with van der Waals surface area (Å²) < 4.78 is 0. The monoisotopic (exact) mass is 406 g/mol. The Labute approximate surface area is 176 Å². The van der Waals surface area contributed by atoms with E-state index in [0.717, 1.165) is 11.3 Å². The highest BCUT2D eigenvalue weighted by atomic mass is 16.2. The van der Waals surface area contributed by atoms with Crippen LogP contribution in [0, 0.1) is 0 Å². The molecule has 2 aromatic carbocycles. The number of piperidine rings is 1. The number of rotatable bonds is 4. The third-order valence-electron chi connectivity index (χ3n) is 5.94. The van der Waals surface area contributed by atoms with Gasteiger partial charge in [0.1, 0.15) is 5.54 Å². The van der Waals surface area contributed by atoms with Crippen molar-refractivity contribution in [2.75, 3.05) is 32.1 Å². The van der Waals surface area contributed by atoms with Crippen molar-refractivity contribution in [3.63, 3.8) is 0 Å². The van der Waals surface area contributed by atoms with E-state index in [9.17, 15) is 14.4 Å². The van der Waals surface area contributed by atoms with Crippen LogP contribution in [-0.4, -0.2) is 60.4 Å². The lowest BCUT2D eigenvalue weighted by Crippen LogP contribution is -2.55. The minimum absolute atomic E-state index is 0.0496. The van der Waals surface area contributed by atoms with Crippen LogP contribution in [0.15, 0.2) is 54.6 Å². The molecule has 2 aliphatic heterocycles. The van der Waals surface area contributed by atoms with E-state index in [-0.39, 0.29) is 24.4 Å². The number of nitrogens with one attached hydrogen (secondary N) is 1. The van der Waals surface area contributed by atoms with Gasteiger partial charge in [-0.15, -0.1) is 0 Å². The number of nitrogens with zero attached hydrogens (tertiary/aromatic N) is 3. The number of urea groups is 1. The Kier molecular flexibility index (Phi) is 5.20. The van der Waals surface area contributed by atoms with Gasteiger partial charge in [-0.05, 0) is 36.6 Å². The van der Waals surface area contributed by atoms with Gasteiger partial charge >= 0.3 is 6.03 Å². The summed E-state index contributed by atoms with van der Waals surface area (Å²) in [5, 5.41) is 2.91. The van der Waals surface area contributed by atoms with E-state index in [1.807, 2.05) is 73.6 Å². The van der Waals surface area contributed by atoms with E-state index in [1.54, 1.807) is 4.90 Å². The average Bonchev–Trinajstić information content (AvgIpc) is 2.98. The number of benzene rings is 2. The van der Waals surface area contributed by atoms with Crippen LogP contribution in [0.1, 0.15) is 28.8 Å². The van der Waals surface area contributed by atoms with Crippen molar-refractivity contribution in [1.29, 1.82) is 0 Å². The van der Waals surface area contributed by atoms with Crippen LogP contribution in [0.4, 0.5) is 10.5 Å². The Morgan fingerprint density at radius 2 is 1.73 bits per heavy atom. The van der Waals surface area contributed by atoms with Crippen LogP contribution >= 0.6 is 0 Å². The molecule has 1 N–H and O–H groups in total. The van der Waals surface area contributed by atoms with Gasteiger partial charge < -0.3 is 15.1 Å². The zero-order valence-electron chi connectivity index (χ0n) is 17.3. The molecule has 0 bridgehead atoms. The van der Waals surface area contributed by atoms with Crippen LogP contribution in [0.2, 0.25) is 0 Å². The zero-order valence-corrected chi connectivity index (χ0v) is 17.3. The van der Waals surface area contributed by atoms with Crippen LogP contribution in [0.25, 0.3) is 0 Å². The van der Waals surface area contributed by atoms with Crippen molar-refractivity contribution in [2.45, 2.75) is 24.9 Å². The molecule has 2 saturated heterocycles. The Balaban J connectivity index is 1.43. The molecule has 0 saturated carbocycles. The summed E-state index contributed by atoms with van der Waals surface area (Å²) in [5.74, 6) is -0.246. The highest BCUT2D eigenvalue weighted by Crippen LogP contribution is 2.31. The van der Waals surface area contributed by atoms with E-state index in [4.69, 9.17) is 0 Å². The number of imide groups is 1. The summed E-state index contributed by atoms with van der Waals surface area (Å²) in [6, 6.07) is 16.6. The predicted molar refractivity (Wildman–Crippen MR) is 114 cm³/mol. The summed E-state index contributed by atoms with van der Waals surface area (Å²) in [4.78, 5) is 43.6. The minimum atomic E-state index is -0.909. The largest absolute Gasteiger partial charge is 0.378 e. The van der Waals surface area contributed by atoms with E-state index < -0.39 is 5.54 Å². The van der Waals surface area contributed by atoms with Gasteiger partial charge in [-0.2, -0.15) is 0 Å². The van der Waals surface area contributed by atoms with Gasteiger partial charge in [0.2, 0.25) is 0 Å². The fraction of sp³-hybridized carbons (Fsp3) is 0.348. The summed E-state index contributed by atoms with van der Waals surface area (Å²) in [6.45, 7) is 1.11. The van der Waals surface area contributed by atoms with Gasteiger partial charge in [-0.1, -0.05) is 36.4 Å². The van der Waals surface area contributed by atoms with Crippen molar-refractivity contribution >= 4 is 23.5 Å². The number of amides is 4. The molecule has 0 aliphatic carbocycles. The molecule has 0 aromatic heterocycles. The van der Waals surface area contributed by atoms with Gasteiger partial charge in [-0.3, -0.25) is 14.5 Å². The van der Waals surface area contributed by atoms with Gasteiger partial charge in [0.05, 0.1) is 6.54 Å². The van der Waals surface area contributed by atoms with E-state index in [2.05, 4.69) is 5.32 Å². The fourth-order valence-electron chi connectivity index (χ4n) is 4.12. The lowest BCUT2D eigenvalue weighted by molar-refractivity contribution is -0.133. The first-order valence-corrected chi connectivity index (χ1v) is 10.1. The molecule has 0 atom stereocenters. The lowest BCUT2D eigenvalue weighted by atomic mass is 9.87. The molecular formula is C23H26N4O3. The van der Waals surface area contributed by atoms with Gasteiger partial charge in [0.25, 0.3) is 11.8 Å². The smallest absolute Gasteiger partial charge is 0.325 e. The number of anilines is 1. The minimum Gasteiger partial charge on any atom is -0.378 e. The highest BCUT2D eigenvalue weighted by molar-refractivity contribution is 6.07. The zero-order chi connectivity index (χ0) is 21.3. The summed E-state index contributed by atoms with van der Waals surface area (Å²) in [5.41, 5.74) is 1.59. The van der Waals surface area contributed by atoms with Crippen LogP contribution in [0.5, 0.6) is 0 Å². The SMILES string of the molecule is CN(C)c1cccc(C(=O)N2CCC3(CC2)NC(=O)N(Cc2ccccc2)C3=O)c1. The Hall–Kier alpha value is -3.35. The van der Waals surface area contributed by atoms with Crippen LogP contribution < -0.4 is 10.2 Å². The van der Waals surface area contributed by atoms with Crippen molar-refractivity contribution in [3.8, 4) is 0 Å². The van der Waals surface area contributed by atoms with Crippen molar-refractivity contribution < 1.29 is 14.4 Å². The molecule has 2 heterocycles. The van der Waals surface area contributed by atoms with E-state index in [1.165, 1.54) is 4.90 Å². The molecule has 7 heteroatoms. The van der Waals surface area contributed by atoms with Crippen molar-refractivity contribution in [1.82, 2.24) is 15.1 Å². The second-order valence-corrected chi connectivity index (χ2v) is 8.13. The maximum atomic E-state index is 13.1. The number of carbonyl (C=O) groups is 3. The van der Waals surface area contributed by atoms with E-state index >= 15 is 0 Å². The quantitative estimate of drug-likeness (QED) is 0.792. The van der Waals surface area contributed by atoms with Gasteiger partial charge in [0, 0.05) is 38.4 Å². The maximum absolute atomic E-state index is 13.1. The Bertz CT molecular complexity index is 965. The molecule has 1 spiro atoms. The molecule has 4 amide bonds. The molecule has 4 rings (SSSR count). The molecular weight excluding hydrogens is 380 g/mol. The Morgan fingerprint density at radius 1 is 1.03 bits per heavy atom. The number of carbonyl (C=O) groups excluding carboxylic acids is 3. The van der Waals surface area contributed by atoms with Gasteiger partial charge in [0.15, 0.2) is 0 Å². The second kappa shape index (κ2) is 7.82. The van der Waals surface area contributed by atoms with Gasteiger partial charge in [-0.25, -0.2) is 4.79 Å². The summed E-state index contributed by atoms with van der Waals surface area (Å²) >= 11 is 0. The molecule has 0 radical (unpaired) electrons. The molecule has 30 heavy (non-hydrogen) atoms. The normalized spacial score (nSPS) is 17.9.